The fourth-order valence-corrected chi connectivity index (χ4v) is 8.91. The van der Waals surface area contributed by atoms with Gasteiger partial charge >= 0.3 is 11.2 Å². The van der Waals surface area contributed by atoms with Gasteiger partial charge in [-0.3, -0.25) is 25.2 Å². The summed E-state index contributed by atoms with van der Waals surface area (Å²) >= 11 is 14.7. The molecule has 0 amide bonds. The fraction of sp³-hybridized carbons (Fsp3) is 0.300. The van der Waals surface area contributed by atoms with Crippen LogP contribution in [-0.4, -0.2) is 72.1 Å². The van der Waals surface area contributed by atoms with Gasteiger partial charge in [-0.2, -0.15) is 0 Å². The number of thiophene rings is 2. The number of pyridine rings is 2. The van der Waals surface area contributed by atoms with Crippen molar-refractivity contribution in [1.29, 1.82) is 0 Å². The van der Waals surface area contributed by atoms with Crippen LogP contribution in [0.15, 0.2) is 88.2 Å². The van der Waals surface area contributed by atoms with Crippen molar-refractivity contribution in [1.82, 2.24) is 24.7 Å². The van der Waals surface area contributed by atoms with Crippen molar-refractivity contribution in [3.8, 4) is 0 Å². The minimum atomic E-state index is -2.03. The lowest BCUT2D eigenvalue weighted by molar-refractivity contribution is -0.572. The molecular formula is C30H26Cl2N8O4S2. The van der Waals surface area contributed by atoms with Crippen molar-refractivity contribution in [3.05, 3.63) is 135 Å². The first-order chi connectivity index (χ1) is 22.3. The molecule has 16 heteroatoms. The maximum absolute atomic E-state index is 14.0. The first kappa shape index (κ1) is 30.5. The molecule has 0 unspecified atom stereocenters. The molecule has 1 fully saturated rings. The summed E-state index contributed by atoms with van der Waals surface area (Å²) in [6, 6.07) is 13.4. The second kappa shape index (κ2) is 12.2. The van der Waals surface area contributed by atoms with Gasteiger partial charge in [0, 0.05) is 59.8 Å². The van der Waals surface area contributed by atoms with E-state index in [0.29, 0.717) is 53.7 Å². The molecule has 0 aliphatic carbocycles. The van der Waals surface area contributed by atoms with E-state index < -0.39 is 22.4 Å². The highest BCUT2D eigenvalue weighted by molar-refractivity contribution is 7.10. The Morgan fingerprint density at radius 2 is 1.48 bits per heavy atom. The molecule has 0 aromatic carbocycles. The van der Waals surface area contributed by atoms with Crippen molar-refractivity contribution < 1.29 is 9.85 Å². The molecule has 3 atom stereocenters. The van der Waals surface area contributed by atoms with Crippen LogP contribution in [0.2, 0.25) is 10.3 Å². The number of nitrogens with zero attached hydrogens (tertiary/aromatic N) is 8. The molecule has 0 saturated carbocycles. The van der Waals surface area contributed by atoms with E-state index in [1.54, 1.807) is 42.0 Å². The number of nitro groups is 2. The number of hydrogen-bond acceptors (Lipinski definition) is 12. The third kappa shape index (κ3) is 5.09. The van der Waals surface area contributed by atoms with E-state index in [1.165, 1.54) is 22.7 Å². The molecule has 0 N–H and O–H groups in total. The normalized spacial score (nSPS) is 22.7. The van der Waals surface area contributed by atoms with Crippen molar-refractivity contribution in [2.45, 2.75) is 30.6 Å². The highest BCUT2D eigenvalue weighted by Gasteiger charge is 2.74. The van der Waals surface area contributed by atoms with E-state index >= 15 is 0 Å². The SMILES string of the molecule is O=[N+]([O-])C1=C2N(Cc3ccc(Cl)nc3)CCN2[C@H](c2cccs2)[C@@](C2=NCCN2Cc2ccc(Cl)nc2)([N+](=O)[O-])[C@@H]1c1cccs1. The first-order valence-electron chi connectivity index (χ1n) is 14.4. The highest BCUT2D eigenvalue weighted by Crippen LogP contribution is 2.58. The predicted octanol–water partition coefficient (Wildman–Crippen LogP) is 5.94. The molecule has 4 aromatic rings. The van der Waals surface area contributed by atoms with Crippen LogP contribution in [0.1, 0.15) is 32.8 Å². The zero-order chi connectivity index (χ0) is 32.0. The second-order valence-corrected chi connectivity index (χ2v) is 13.9. The Hall–Kier alpha value is -4.11. The summed E-state index contributed by atoms with van der Waals surface area (Å²) < 4.78 is 0. The van der Waals surface area contributed by atoms with Crippen LogP contribution in [-0.2, 0) is 13.1 Å². The Kier molecular flexibility index (Phi) is 8.13. The standard InChI is InChI=1S/C30H26Cl2N8O4S2/c31-23-7-5-19(15-34-23)17-36-11-12-38-27(22-4-2-14-46-22)30(40(43)44,25(21-3-1-13-45-21)26(28(36)38)39(41)42)29-33-9-10-37(29)18-20-6-8-24(32)35-16-20/h1-8,13-16,25,27H,9-12,17-18H2/t25-,27-,30+/m1/s1. The van der Waals surface area contributed by atoms with Crippen LogP contribution < -0.4 is 0 Å². The van der Waals surface area contributed by atoms with Crippen molar-refractivity contribution in [2.24, 2.45) is 4.99 Å². The second-order valence-electron chi connectivity index (χ2n) is 11.1. The van der Waals surface area contributed by atoms with Crippen LogP contribution in [0, 0.1) is 20.2 Å². The number of aliphatic imine (C=N–C) groups is 1. The quantitative estimate of drug-likeness (QED) is 0.118. The van der Waals surface area contributed by atoms with Gasteiger partial charge in [0.1, 0.15) is 16.3 Å². The summed E-state index contributed by atoms with van der Waals surface area (Å²) in [6.45, 7) is 2.12. The third-order valence-electron chi connectivity index (χ3n) is 8.61. The van der Waals surface area contributed by atoms with E-state index in [0.717, 1.165) is 16.0 Å². The summed E-state index contributed by atoms with van der Waals surface area (Å²) in [5.74, 6) is -0.647. The first-order valence-corrected chi connectivity index (χ1v) is 16.9. The van der Waals surface area contributed by atoms with Gasteiger partial charge in [-0.1, -0.05) is 47.5 Å². The molecule has 7 heterocycles. The van der Waals surface area contributed by atoms with Gasteiger partial charge in [-0.15, -0.1) is 22.7 Å². The molecular weight excluding hydrogens is 671 g/mol. The molecule has 7 rings (SSSR count). The van der Waals surface area contributed by atoms with Crippen LogP contribution in [0.3, 0.4) is 0 Å². The molecule has 46 heavy (non-hydrogen) atoms. The van der Waals surface area contributed by atoms with Crippen molar-refractivity contribution in [2.75, 3.05) is 26.2 Å². The van der Waals surface area contributed by atoms with Gasteiger partial charge in [0.2, 0.25) is 0 Å². The lowest BCUT2D eigenvalue weighted by atomic mass is 9.70. The number of fused-ring (bicyclic) bond motifs is 1. The van der Waals surface area contributed by atoms with Crippen molar-refractivity contribution in [3.63, 3.8) is 0 Å². The van der Waals surface area contributed by atoms with E-state index in [4.69, 9.17) is 28.2 Å². The van der Waals surface area contributed by atoms with Gasteiger partial charge in [0.05, 0.1) is 11.5 Å². The Balaban J connectivity index is 1.46. The smallest absolute Gasteiger partial charge is 0.320 e. The van der Waals surface area contributed by atoms with Gasteiger partial charge < -0.3 is 14.7 Å². The van der Waals surface area contributed by atoms with Crippen LogP contribution in [0.5, 0.6) is 0 Å². The lowest BCUT2D eigenvalue weighted by Crippen LogP contribution is -2.65. The van der Waals surface area contributed by atoms with Crippen LogP contribution in [0.4, 0.5) is 0 Å². The molecule has 12 nitrogen and oxygen atoms in total. The van der Waals surface area contributed by atoms with Crippen molar-refractivity contribution >= 4 is 51.7 Å². The van der Waals surface area contributed by atoms with E-state index in [-0.39, 0.29) is 23.0 Å². The summed E-state index contributed by atoms with van der Waals surface area (Å²) in [6.07, 6.45) is 3.28. The van der Waals surface area contributed by atoms with E-state index in [1.807, 2.05) is 44.3 Å². The maximum Gasteiger partial charge on any atom is 0.320 e. The molecule has 0 radical (unpaired) electrons. The zero-order valence-electron chi connectivity index (χ0n) is 24.1. The van der Waals surface area contributed by atoms with E-state index in [9.17, 15) is 20.2 Å². The third-order valence-corrected chi connectivity index (χ3v) is 10.9. The number of aromatic nitrogens is 2. The molecule has 0 bridgehead atoms. The monoisotopic (exact) mass is 696 g/mol. The summed E-state index contributed by atoms with van der Waals surface area (Å²) in [5.41, 5.74) is -0.635. The summed E-state index contributed by atoms with van der Waals surface area (Å²) in [4.78, 5) is 46.8. The van der Waals surface area contributed by atoms with Gasteiger partial charge in [0.15, 0.2) is 17.6 Å². The van der Waals surface area contributed by atoms with Crippen LogP contribution in [0.25, 0.3) is 0 Å². The number of hydrogen-bond donors (Lipinski definition) is 0. The molecule has 0 spiro atoms. The Labute approximate surface area is 281 Å². The lowest BCUT2D eigenvalue weighted by Gasteiger charge is -2.47. The Morgan fingerprint density at radius 1 is 0.848 bits per heavy atom. The average Bonchev–Trinajstić information content (AvgIpc) is 3.87. The fourth-order valence-electron chi connectivity index (χ4n) is 6.88. The summed E-state index contributed by atoms with van der Waals surface area (Å²) in [7, 11) is 0. The average molecular weight is 698 g/mol. The van der Waals surface area contributed by atoms with Gasteiger partial charge in [-0.05, 0) is 46.2 Å². The molecule has 3 aliphatic heterocycles. The van der Waals surface area contributed by atoms with E-state index in [2.05, 4.69) is 9.97 Å². The van der Waals surface area contributed by atoms with Crippen LogP contribution >= 0.6 is 45.9 Å². The van der Waals surface area contributed by atoms with Gasteiger partial charge in [0.25, 0.3) is 0 Å². The molecule has 3 aliphatic rings. The Morgan fingerprint density at radius 3 is 2.02 bits per heavy atom. The number of amidine groups is 1. The molecule has 1 saturated heterocycles. The summed E-state index contributed by atoms with van der Waals surface area (Å²) in [5, 5.41) is 31.8. The maximum atomic E-state index is 14.0. The predicted molar refractivity (Wildman–Crippen MR) is 176 cm³/mol. The topological polar surface area (TPSA) is 134 Å². The van der Waals surface area contributed by atoms with Gasteiger partial charge in [-0.25, -0.2) is 9.97 Å². The number of rotatable bonds is 9. The minimum Gasteiger partial charge on any atom is -0.348 e. The molecule has 4 aromatic heterocycles. The minimum absolute atomic E-state index is 0.214. The largest absolute Gasteiger partial charge is 0.348 e. The number of halogens is 2. The highest BCUT2D eigenvalue weighted by atomic mass is 35.5. The Bertz CT molecular complexity index is 1820. The zero-order valence-corrected chi connectivity index (χ0v) is 27.3. The molecule has 236 valence electrons.